The number of nitrogens with zero attached hydrogens (tertiary/aromatic N) is 2. The van der Waals surface area contributed by atoms with Crippen LogP contribution >= 0.6 is 0 Å². The molecule has 0 spiro atoms. The van der Waals surface area contributed by atoms with E-state index in [9.17, 15) is 9.90 Å². The standard InChI is InChI=1S/C14H18N2O2/c1-14(18)8-16(9-14)6-11-5-15-12(7-17)4-13(11)10-2-3-10/h4-5,7,10,18H,2-3,6,8-9H2,1H3. The van der Waals surface area contributed by atoms with Crippen molar-refractivity contribution >= 4 is 6.29 Å². The molecule has 1 aromatic rings. The minimum absolute atomic E-state index is 0.524. The van der Waals surface area contributed by atoms with Gasteiger partial charge in [-0.2, -0.15) is 0 Å². The fourth-order valence-corrected chi connectivity index (χ4v) is 2.76. The van der Waals surface area contributed by atoms with Gasteiger partial charge in [0.05, 0.1) is 5.60 Å². The van der Waals surface area contributed by atoms with Crippen molar-refractivity contribution in [1.29, 1.82) is 0 Å². The Hall–Kier alpha value is -1.26. The molecule has 1 aliphatic heterocycles. The number of hydrogen-bond acceptors (Lipinski definition) is 4. The molecule has 0 aromatic carbocycles. The van der Waals surface area contributed by atoms with E-state index in [1.54, 1.807) is 0 Å². The lowest BCUT2D eigenvalue weighted by molar-refractivity contribution is -0.0872. The van der Waals surface area contributed by atoms with E-state index in [1.807, 2.05) is 19.2 Å². The Labute approximate surface area is 107 Å². The predicted molar refractivity (Wildman–Crippen MR) is 67.5 cm³/mol. The van der Waals surface area contributed by atoms with Crippen LogP contribution in [0.3, 0.4) is 0 Å². The second-order valence-corrected chi connectivity index (χ2v) is 5.84. The first-order chi connectivity index (χ1) is 8.57. The van der Waals surface area contributed by atoms with Crippen molar-refractivity contribution in [3.8, 4) is 0 Å². The highest BCUT2D eigenvalue weighted by atomic mass is 16.3. The molecule has 2 aliphatic rings. The smallest absolute Gasteiger partial charge is 0.168 e. The van der Waals surface area contributed by atoms with Crippen LogP contribution in [0.25, 0.3) is 0 Å². The molecule has 0 atom stereocenters. The summed E-state index contributed by atoms with van der Waals surface area (Å²) in [4.78, 5) is 17.2. The van der Waals surface area contributed by atoms with Crippen molar-refractivity contribution in [1.82, 2.24) is 9.88 Å². The predicted octanol–water partition coefficient (Wildman–Crippen LogP) is 1.34. The molecule has 2 heterocycles. The largest absolute Gasteiger partial charge is 0.388 e. The fourth-order valence-electron chi connectivity index (χ4n) is 2.76. The highest BCUT2D eigenvalue weighted by Crippen LogP contribution is 2.42. The number of carbonyl (C=O) groups excluding carboxylic acids is 1. The van der Waals surface area contributed by atoms with Gasteiger partial charge < -0.3 is 5.11 Å². The fraction of sp³-hybridized carbons (Fsp3) is 0.571. The average Bonchev–Trinajstić information content (AvgIpc) is 3.11. The molecule has 4 heteroatoms. The maximum absolute atomic E-state index is 10.8. The van der Waals surface area contributed by atoms with E-state index in [1.165, 1.54) is 24.0 Å². The number of rotatable bonds is 4. The zero-order chi connectivity index (χ0) is 12.8. The van der Waals surface area contributed by atoms with Gasteiger partial charge in [0.1, 0.15) is 5.69 Å². The van der Waals surface area contributed by atoms with Crippen LogP contribution in [-0.2, 0) is 6.54 Å². The SMILES string of the molecule is CC1(O)CN(Cc2cnc(C=O)cc2C2CC2)C1. The summed E-state index contributed by atoms with van der Waals surface area (Å²) in [6, 6.07) is 1.93. The maximum atomic E-state index is 10.8. The molecule has 3 rings (SSSR count). The lowest BCUT2D eigenvalue weighted by Gasteiger charge is -2.44. The number of pyridine rings is 1. The van der Waals surface area contributed by atoms with E-state index < -0.39 is 5.60 Å². The Morgan fingerprint density at radius 3 is 2.83 bits per heavy atom. The third-order valence-corrected chi connectivity index (χ3v) is 3.70. The lowest BCUT2D eigenvalue weighted by atomic mass is 9.95. The Morgan fingerprint density at radius 1 is 1.56 bits per heavy atom. The van der Waals surface area contributed by atoms with Crippen molar-refractivity contribution in [2.24, 2.45) is 0 Å². The average molecular weight is 246 g/mol. The summed E-state index contributed by atoms with van der Waals surface area (Å²) in [6.07, 6.45) is 5.06. The summed E-state index contributed by atoms with van der Waals surface area (Å²) < 4.78 is 0. The number of aromatic nitrogens is 1. The van der Waals surface area contributed by atoms with Crippen LogP contribution in [-0.4, -0.2) is 40.0 Å². The van der Waals surface area contributed by atoms with Crippen LogP contribution in [0.5, 0.6) is 0 Å². The topological polar surface area (TPSA) is 53.4 Å². The molecular formula is C14H18N2O2. The zero-order valence-electron chi connectivity index (χ0n) is 10.6. The number of β-amino-alcohol motifs (C(OH)–C–C–N with tert-alkyl or cyclic N) is 1. The quantitative estimate of drug-likeness (QED) is 0.815. The number of aldehydes is 1. The second-order valence-electron chi connectivity index (χ2n) is 5.84. The maximum Gasteiger partial charge on any atom is 0.168 e. The number of aliphatic hydroxyl groups is 1. The summed E-state index contributed by atoms with van der Waals surface area (Å²) in [5.41, 5.74) is 2.48. The minimum atomic E-state index is -0.532. The molecule has 1 saturated carbocycles. The van der Waals surface area contributed by atoms with Gasteiger partial charge in [0.2, 0.25) is 0 Å². The van der Waals surface area contributed by atoms with Gasteiger partial charge in [-0.3, -0.25) is 14.7 Å². The number of likely N-dealkylation sites (tertiary alicyclic amines) is 1. The Kier molecular flexibility index (Phi) is 2.72. The lowest BCUT2D eigenvalue weighted by Crippen LogP contribution is -2.59. The van der Waals surface area contributed by atoms with Crippen molar-refractivity contribution in [2.45, 2.75) is 37.8 Å². The normalized spacial score (nSPS) is 22.6. The first-order valence-electron chi connectivity index (χ1n) is 6.46. The van der Waals surface area contributed by atoms with Crippen LogP contribution < -0.4 is 0 Å². The monoisotopic (exact) mass is 246 g/mol. The molecular weight excluding hydrogens is 228 g/mol. The molecule has 96 valence electrons. The Balaban J connectivity index is 1.77. The van der Waals surface area contributed by atoms with Crippen LogP contribution in [0.1, 0.15) is 47.3 Å². The Morgan fingerprint density at radius 2 is 2.28 bits per heavy atom. The molecule has 2 fully saturated rings. The summed E-state index contributed by atoms with van der Waals surface area (Å²) in [6.45, 7) is 4.12. The molecule has 1 saturated heterocycles. The van der Waals surface area contributed by atoms with E-state index in [-0.39, 0.29) is 0 Å². The molecule has 0 amide bonds. The zero-order valence-corrected chi connectivity index (χ0v) is 10.6. The van der Waals surface area contributed by atoms with Crippen LogP contribution in [0.4, 0.5) is 0 Å². The molecule has 1 aromatic heterocycles. The van der Waals surface area contributed by atoms with Gasteiger partial charge in [0.15, 0.2) is 6.29 Å². The van der Waals surface area contributed by atoms with Gasteiger partial charge in [-0.15, -0.1) is 0 Å². The van der Waals surface area contributed by atoms with Crippen LogP contribution in [0, 0.1) is 0 Å². The van der Waals surface area contributed by atoms with Crippen molar-refractivity contribution < 1.29 is 9.90 Å². The van der Waals surface area contributed by atoms with Gasteiger partial charge >= 0.3 is 0 Å². The van der Waals surface area contributed by atoms with Crippen molar-refractivity contribution in [2.75, 3.05) is 13.1 Å². The molecule has 1 aliphatic carbocycles. The molecule has 0 bridgehead atoms. The third-order valence-electron chi connectivity index (χ3n) is 3.70. The van der Waals surface area contributed by atoms with Crippen molar-refractivity contribution in [3.05, 3.63) is 29.1 Å². The first-order valence-corrected chi connectivity index (χ1v) is 6.46. The summed E-state index contributed by atoms with van der Waals surface area (Å²) in [5.74, 6) is 0.614. The summed E-state index contributed by atoms with van der Waals surface area (Å²) >= 11 is 0. The van der Waals surface area contributed by atoms with Gasteiger partial charge in [0.25, 0.3) is 0 Å². The van der Waals surface area contributed by atoms with E-state index >= 15 is 0 Å². The minimum Gasteiger partial charge on any atom is -0.388 e. The number of hydrogen-bond donors (Lipinski definition) is 1. The van der Waals surface area contributed by atoms with E-state index in [2.05, 4.69) is 9.88 Å². The molecule has 18 heavy (non-hydrogen) atoms. The van der Waals surface area contributed by atoms with E-state index in [0.29, 0.717) is 24.7 Å². The van der Waals surface area contributed by atoms with E-state index in [4.69, 9.17) is 0 Å². The summed E-state index contributed by atoms with van der Waals surface area (Å²) in [5, 5.41) is 9.73. The van der Waals surface area contributed by atoms with Crippen LogP contribution in [0.2, 0.25) is 0 Å². The number of carbonyl (C=O) groups is 1. The van der Waals surface area contributed by atoms with Gasteiger partial charge in [-0.05, 0) is 42.9 Å². The molecule has 4 nitrogen and oxygen atoms in total. The molecule has 0 radical (unpaired) electrons. The van der Waals surface area contributed by atoms with Crippen molar-refractivity contribution in [3.63, 3.8) is 0 Å². The molecule has 0 unspecified atom stereocenters. The first kappa shape index (κ1) is 11.8. The summed E-state index contributed by atoms with van der Waals surface area (Å²) in [7, 11) is 0. The highest BCUT2D eigenvalue weighted by Gasteiger charge is 2.37. The molecule has 1 N–H and O–H groups in total. The van der Waals surface area contributed by atoms with Gasteiger partial charge in [-0.25, -0.2) is 0 Å². The highest BCUT2D eigenvalue weighted by molar-refractivity contribution is 5.72. The Bertz CT molecular complexity index is 473. The van der Waals surface area contributed by atoms with Gasteiger partial charge in [-0.1, -0.05) is 0 Å². The van der Waals surface area contributed by atoms with E-state index in [0.717, 1.165) is 12.8 Å². The van der Waals surface area contributed by atoms with Gasteiger partial charge in [0, 0.05) is 25.8 Å². The second kappa shape index (κ2) is 4.14. The third kappa shape index (κ3) is 2.31. The van der Waals surface area contributed by atoms with Crippen LogP contribution in [0.15, 0.2) is 12.3 Å².